The van der Waals surface area contributed by atoms with E-state index in [0.717, 1.165) is 11.5 Å². The number of benzene rings is 3. The zero-order chi connectivity index (χ0) is 18.2. The van der Waals surface area contributed by atoms with Gasteiger partial charge in [-0.15, -0.1) is 0 Å². The van der Waals surface area contributed by atoms with Crippen LogP contribution in [0.5, 0.6) is 0 Å². The molecule has 3 aromatic carbocycles. The van der Waals surface area contributed by atoms with Gasteiger partial charge in [-0.1, -0.05) is 72.8 Å². The van der Waals surface area contributed by atoms with E-state index in [1.54, 1.807) is 7.05 Å². The van der Waals surface area contributed by atoms with Crippen molar-refractivity contribution in [3.05, 3.63) is 83.9 Å². The summed E-state index contributed by atoms with van der Waals surface area (Å²) in [5.74, 6) is 0.764. The number of guanidine groups is 1. The monoisotopic (exact) mass is 347 g/mol. The minimum absolute atomic E-state index is 0.0345. The van der Waals surface area contributed by atoms with E-state index in [4.69, 9.17) is 0 Å². The van der Waals surface area contributed by atoms with E-state index in [-0.39, 0.29) is 12.5 Å². The van der Waals surface area contributed by atoms with Crippen molar-refractivity contribution in [1.82, 2.24) is 10.6 Å². The predicted octanol–water partition coefficient (Wildman–Crippen LogP) is 3.28. The molecule has 0 aliphatic rings. The summed E-state index contributed by atoms with van der Waals surface area (Å²) in [7, 11) is 1.76. The van der Waals surface area contributed by atoms with E-state index in [0.29, 0.717) is 13.1 Å². The van der Waals surface area contributed by atoms with Crippen molar-refractivity contribution in [3.8, 4) is 0 Å². The third-order valence-corrected chi connectivity index (χ3v) is 4.56. The molecule has 3 N–H and O–H groups in total. The molecule has 3 aromatic rings. The summed E-state index contributed by atoms with van der Waals surface area (Å²) >= 11 is 0. The third-order valence-electron chi connectivity index (χ3n) is 4.56. The van der Waals surface area contributed by atoms with Gasteiger partial charge in [0.05, 0.1) is 6.61 Å². The summed E-state index contributed by atoms with van der Waals surface area (Å²) in [5.41, 5.74) is 2.35. The zero-order valence-corrected chi connectivity index (χ0v) is 15.0. The molecular weight excluding hydrogens is 322 g/mol. The second-order valence-electron chi connectivity index (χ2n) is 6.24. The maximum Gasteiger partial charge on any atom is 0.191 e. The molecule has 1 unspecified atom stereocenters. The Hall–Kier alpha value is -2.85. The van der Waals surface area contributed by atoms with Gasteiger partial charge in [0.1, 0.15) is 0 Å². The van der Waals surface area contributed by atoms with Crippen LogP contribution in [-0.2, 0) is 6.54 Å². The molecule has 0 amide bonds. The number of fused-ring (bicyclic) bond motifs is 1. The lowest BCUT2D eigenvalue weighted by Crippen LogP contribution is -2.39. The quantitative estimate of drug-likeness (QED) is 0.474. The lowest BCUT2D eigenvalue weighted by molar-refractivity contribution is 0.265. The van der Waals surface area contributed by atoms with Crippen molar-refractivity contribution in [2.45, 2.75) is 12.5 Å². The SMILES string of the molecule is CN=C(NCc1cccc2ccccc12)NCC(CO)c1ccccc1. The molecule has 0 aliphatic heterocycles. The molecule has 0 bridgehead atoms. The van der Waals surface area contributed by atoms with Gasteiger partial charge in [-0.05, 0) is 21.9 Å². The Kier molecular flexibility index (Phi) is 6.23. The average Bonchev–Trinajstić information content (AvgIpc) is 2.71. The minimum Gasteiger partial charge on any atom is -0.396 e. The Labute approximate surface area is 154 Å². The number of nitrogens with one attached hydrogen (secondary N) is 2. The van der Waals surface area contributed by atoms with Crippen molar-refractivity contribution >= 4 is 16.7 Å². The standard InChI is InChI=1S/C22H25N3O/c1-23-22(25-15-20(16-26)17-8-3-2-4-9-17)24-14-19-12-7-11-18-10-5-6-13-21(18)19/h2-13,20,26H,14-16H2,1H3,(H2,23,24,25). The van der Waals surface area contributed by atoms with Gasteiger partial charge in [0.15, 0.2) is 5.96 Å². The molecule has 0 aromatic heterocycles. The van der Waals surface area contributed by atoms with Crippen LogP contribution in [0.3, 0.4) is 0 Å². The van der Waals surface area contributed by atoms with Crippen LogP contribution in [0.4, 0.5) is 0 Å². The first-order chi connectivity index (χ1) is 12.8. The number of aliphatic hydroxyl groups is 1. The van der Waals surface area contributed by atoms with Crippen molar-refractivity contribution < 1.29 is 5.11 Å². The van der Waals surface area contributed by atoms with Crippen LogP contribution in [0, 0.1) is 0 Å². The van der Waals surface area contributed by atoms with Crippen LogP contribution in [0.2, 0.25) is 0 Å². The van der Waals surface area contributed by atoms with Crippen LogP contribution >= 0.6 is 0 Å². The average molecular weight is 347 g/mol. The maximum absolute atomic E-state index is 9.69. The van der Waals surface area contributed by atoms with Crippen molar-refractivity contribution in [1.29, 1.82) is 0 Å². The molecule has 0 saturated carbocycles. The highest BCUT2D eigenvalue weighted by Gasteiger charge is 2.11. The number of aliphatic imine (C=N–C) groups is 1. The van der Waals surface area contributed by atoms with Gasteiger partial charge in [-0.2, -0.15) is 0 Å². The second-order valence-corrected chi connectivity index (χ2v) is 6.24. The van der Waals surface area contributed by atoms with Crippen LogP contribution in [-0.4, -0.2) is 31.3 Å². The summed E-state index contributed by atoms with van der Waals surface area (Å²) in [6.45, 7) is 1.41. The minimum atomic E-state index is 0.0345. The van der Waals surface area contributed by atoms with Gasteiger partial charge < -0.3 is 15.7 Å². The number of aliphatic hydroxyl groups excluding tert-OH is 1. The highest BCUT2D eigenvalue weighted by molar-refractivity contribution is 5.86. The lowest BCUT2D eigenvalue weighted by atomic mass is 10.0. The second kappa shape index (κ2) is 9.02. The van der Waals surface area contributed by atoms with E-state index in [1.807, 2.05) is 30.3 Å². The van der Waals surface area contributed by atoms with E-state index in [9.17, 15) is 5.11 Å². The van der Waals surface area contributed by atoms with Crippen molar-refractivity contribution in [2.24, 2.45) is 4.99 Å². The maximum atomic E-state index is 9.69. The Morgan fingerprint density at radius 1 is 0.923 bits per heavy atom. The van der Waals surface area contributed by atoms with Crippen molar-refractivity contribution in [3.63, 3.8) is 0 Å². The first-order valence-corrected chi connectivity index (χ1v) is 8.88. The normalized spacial score (nSPS) is 12.8. The summed E-state index contributed by atoms with van der Waals surface area (Å²) in [6, 6.07) is 24.7. The molecule has 4 nitrogen and oxygen atoms in total. The van der Waals surface area contributed by atoms with E-state index >= 15 is 0 Å². The molecule has 0 fully saturated rings. The highest BCUT2D eigenvalue weighted by Crippen LogP contribution is 2.18. The van der Waals surface area contributed by atoms with Gasteiger partial charge in [-0.25, -0.2) is 0 Å². The van der Waals surface area contributed by atoms with Crippen LogP contribution in [0.15, 0.2) is 77.8 Å². The Morgan fingerprint density at radius 2 is 1.65 bits per heavy atom. The van der Waals surface area contributed by atoms with Crippen molar-refractivity contribution in [2.75, 3.05) is 20.2 Å². The summed E-state index contributed by atoms with van der Waals surface area (Å²) in [5, 5.41) is 18.9. The van der Waals surface area contributed by atoms with Gasteiger partial charge in [0.25, 0.3) is 0 Å². The molecule has 3 rings (SSSR count). The summed E-state index contributed by atoms with van der Waals surface area (Å²) < 4.78 is 0. The van der Waals surface area contributed by atoms with Gasteiger partial charge in [-0.3, -0.25) is 4.99 Å². The van der Waals surface area contributed by atoms with Gasteiger partial charge in [0, 0.05) is 26.1 Å². The largest absolute Gasteiger partial charge is 0.396 e. The molecule has 26 heavy (non-hydrogen) atoms. The van der Waals surface area contributed by atoms with Crippen LogP contribution in [0.25, 0.3) is 10.8 Å². The number of hydrogen-bond acceptors (Lipinski definition) is 2. The molecule has 134 valence electrons. The van der Waals surface area contributed by atoms with Crippen LogP contribution < -0.4 is 10.6 Å². The molecule has 0 heterocycles. The predicted molar refractivity (Wildman–Crippen MR) is 108 cm³/mol. The Bertz CT molecular complexity index is 856. The Morgan fingerprint density at radius 3 is 2.42 bits per heavy atom. The third kappa shape index (κ3) is 4.41. The Balaban J connectivity index is 1.61. The van der Waals surface area contributed by atoms with Gasteiger partial charge >= 0.3 is 0 Å². The van der Waals surface area contributed by atoms with Gasteiger partial charge in [0.2, 0.25) is 0 Å². The highest BCUT2D eigenvalue weighted by atomic mass is 16.3. The van der Waals surface area contributed by atoms with E-state index in [2.05, 4.69) is 58.1 Å². The molecule has 0 spiro atoms. The molecule has 0 aliphatic carbocycles. The molecule has 1 atom stereocenters. The fourth-order valence-electron chi connectivity index (χ4n) is 3.08. The van der Waals surface area contributed by atoms with E-state index < -0.39 is 0 Å². The van der Waals surface area contributed by atoms with E-state index in [1.165, 1.54) is 16.3 Å². The summed E-state index contributed by atoms with van der Waals surface area (Å²) in [6.07, 6.45) is 0. The summed E-state index contributed by atoms with van der Waals surface area (Å²) in [4.78, 5) is 4.30. The molecule has 0 radical (unpaired) electrons. The molecular formula is C22H25N3O. The zero-order valence-electron chi connectivity index (χ0n) is 15.0. The number of nitrogens with zero attached hydrogens (tertiary/aromatic N) is 1. The molecule has 4 heteroatoms. The first kappa shape index (κ1) is 18.0. The lowest BCUT2D eigenvalue weighted by Gasteiger charge is -2.18. The van der Waals surface area contributed by atoms with Crippen LogP contribution in [0.1, 0.15) is 17.0 Å². The fraction of sp³-hybridized carbons (Fsp3) is 0.227. The number of hydrogen-bond donors (Lipinski definition) is 3. The smallest absolute Gasteiger partial charge is 0.191 e. The number of rotatable bonds is 6. The topological polar surface area (TPSA) is 56.7 Å². The molecule has 0 saturated heterocycles. The first-order valence-electron chi connectivity index (χ1n) is 8.88. The fourth-order valence-corrected chi connectivity index (χ4v) is 3.08.